The molecular formula is C15H12N4O. The highest BCUT2D eigenvalue weighted by Crippen LogP contribution is 2.35. The lowest BCUT2D eigenvalue weighted by molar-refractivity contribution is 0.436. The monoisotopic (exact) mass is 264 g/mol. The van der Waals surface area contributed by atoms with Gasteiger partial charge in [-0.25, -0.2) is 0 Å². The summed E-state index contributed by atoms with van der Waals surface area (Å²) in [6, 6.07) is 19.0. The van der Waals surface area contributed by atoms with E-state index in [0.717, 1.165) is 11.3 Å². The minimum absolute atomic E-state index is 0.225. The molecule has 0 radical (unpaired) electrons. The molecular weight excluding hydrogens is 252 g/mol. The van der Waals surface area contributed by atoms with Crippen molar-refractivity contribution in [1.29, 1.82) is 0 Å². The number of benzene rings is 2. The van der Waals surface area contributed by atoms with Gasteiger partial charge >= 0.3 is 0 Å². The summed E-state index contributed by atoms with van der Waals surface area (Å²) in [6.07, 6.45) is 0. The highest BCUT2D eigenvalue weighted by Gasteiger charge is 2.15. The number of hydrogen-bond acceptors (Lipinski definition) is 5. The van der Waals surface area contributed by atoms with E-state index in [1.165, 1.54) is 0 Å². The van der Waals surface area contributed by atoms with Gasteiger partial charge in [-0.05, 0) is 12.1 Å². The van der Waals surface area contributed by atoms with Crippen molar-refractivity contribution in [3.63, 3.8) is 0 Å². The molecule has 0 aliphatic rings. The molecule has 0 fully saturated rings. The van der Waals surface area contributed by atoms with Gasteiger partial charge in [0.1, 0.15) is 0 Å². The van der Waals surface area contributed by atoms with Gasteiger partial charge in [0, 0.05) is 5.56 Å². The minimum Gasteiger partial charge on any atom is -0.379 e. The van der Waals surface area contributed by atoms with Crippen molar-refractivity contribution in [3.8, 4) is 11.3 Å². The second-order valence-electron chi connectivity index (χ2n) is 4.15. The normalized spacial score (nSPS) is 11.0. The number of hydrogen-bond donors (Lipinski definition) is 1. The summed E-state index contributed by atoms with van der Waals surface area (Å²) in [6.45, 7) is 0. The van der Waals surface area contributed by atoms with E-state index in [9.17, 15) is 0 Å². The smallest absolute Gasteiger partial charge is 0.196 e. The molecule has 5 nitrogen and oxygen atoms in total. The average molecular weight is 264 g/mol. The van der Waals surface area contributed by atoms with Crippen LogP contribution >= 0.6 is 0 Å². The molecule has 0 saturated heterocycles. The number of rotatable bonds is 3. The Labute approximate surface area is 115 Å². The number of anilines is 1. The van der Waals surface area contributed by atoms with Crippen molar-refractivity contribution in [3.05, 3.63) is 60.7 Å². The van der Waals surface area contributed by atoms with Crippen molar-refractivity contribution in [1.82, 2.24) is 5.16 Å². The van der Waals surface area contributed by atoms with Gasteiger partial charge in [-0.15, -0.1) is 5.11 Å². The summed E-state index contributed by atoms with van der Waals surface area (Å²) >= 11 is 0. The SMILES string of the molecule is Nc1noc(-c2ccccc2)c1N=Nc1ccccc1. The van der Waals surface area contributed by atoms with Crippen LogP contribution in [0.2, 0.25) is 0 Å². The zero-order valence-corrected chi connectivity index (χ0v) is 10.6. The summed E-state index contributed by atoms with van der Waals surface area (Å²) in [7, 11) is 0. The maximum atomic E-state index is 5.78. The zero-order chi connectivity index (χ0) is 13.8. The van der Waals surface area contributed by atoms with Crippen LogP contribution in [0, 0.1) is 0 Å². The van der Waals surface area contributed by atoms with Crippen LogP contribution in [0.3, 0.4) is 0 Å². The average Bonchev–Trinajstić information content (AvgIpc) is 2.88. The Morgan fingerprint density at radius 2 is 1.50 bits per heavy atom. The Bertz CT molecular complexity index is 720. The van der Waals surface area contributed by atoms with Crippen LogP contribution in [0.5, 0.6) is 0 Å². The van der Waals surface area contributed by atoms with Crippen LogP contribution in [-0.2, 0) is 0 Å². The third-order valence-electron chi connectivity index (χ3n) is 2.75. The quantitative estimate of drug-likeness (QED) is 0.715. The van der Waals surface area contributed by atoms with Crippen molar-refractivity contribution in [2.75, 3.05) is 5.73 Å². The summed E-state index contributed by atoms with van der Waals surface area (Å²) < 4.78 is 5.24. The zero-order valence-electron chi connectivity index (χ0n) is 10.6. The van der Waals surface area contributed by atoms with Crippen LogP contribution in [-0.4, -0.2) is 5.16 Å². The fourth-order valence-electron chi connectivity index (χ4n) is 1.78. The summed E-state index contributed by atoms with van der Waals surface area (Å²) in [5.74, 6) is 0.742. The van der Waals surface area contributed by atoms with Crippen molar-refractivity contribution in [2.45, 2.75) is 0 Å². The third kappa shape index (κ3) is 2.42. The second-order valence-corrected chi connectivity index (χ2v) is 4.15. The molecule has 0 saturated carbocycles. The van der Waals surface area contributed by atoms with Gasteiger partial charge in [0.2, 0.25) is 0 Å². The number of azo groups is 1. The van der Waals surface area contributed by atoms with E-state index in [2.05, 4.69) is 15.4 Å². The lowest BCUT2D eigenvalue weighted by atomic mass is 10.1. The molecule has 0 amide bonds. The number of aromatic nitrogens is 1. The third-order valence-corrected chi connectivity index (χ3v) is 2.75. The number of nitrogens with zero attached hydrogens (tertiary/aromatic N) is 3. The molecule has 1 aromatic heterocycles. The molecule has 0 aliphatic heterocycles. The van der Waals surface area contributed by atoms with E-state index < -0.39 is 0 Å². The van der Waals surface area contributed by atoms with Gasteiger partial charge in [-0.1, -0.05) is 53.7 Å². The largest absolute Gasteiger partial charge is 0.379 e. The van der Waals surface area contributed by atoms with Crippen LogP contribution in [0.25, 0.3) is 11.3 Å². The predicted molar refractivity (Wildman–Crippen MR) is 77.0 cm³/mol. The highest BCUT2D eigenvalue weighted by atomic mass is 16.5. The second kappa shape index (κ2) is 5.36. The standard InChI is InChI=1S/C15H12N4O/c16-15-13(18-17-12-9-5-2-6-10-12)14(20-19-15)11-7-3-1-4-8-11/h1-10H,(H2,16,19). The molecule has 2 N–H and O–H groups in total. The Hall–Kier alpha value is -2.95. The van der Waals surface area contributed by atoms with Gasteiger partial charge in [-0.3, -0.25) is 0 Å². The first-order valence-corrected chi connectivity index (χ1v) is 6.12. The lowest BCUT2D eigenvalue weighted by Gasteiger charge is -1.96. The molecule has 98 valence electrons. The maximum Gasteiger partial charge on any atom is 0.196 e. The molecule has 0 bridgehead atoms. The minimum atomic E-state index is 0.225. The molecule has 3 rings (SSSR count). The first-order valence-electron chi connectivity index (χ1n) is 6.12. The molecule has 2 aromatic carbocycles. The molecule has 0 aliphatic carbocycles. The van der Waals surface area contributed by atoms with E-state index in [1.807, 2.05) is 60.7 Å². The van der Waals surface area contributed by atoms with Crippen LogP contribution in [0.4, 0.5) is 17.2 Å². The van der Waals surface area contributed by atoms with Crippen LogP contribution < -0.4 is 5.73 Å². The maximum absolute atomic E-state index is 5.78. The highest BCUT2D eigenvalue weighted by molar-refractivity contribution is 5.77. The van der Waals surface area contributed by atoms with E-state index in [0.29, 0.717) is 11.4 Å². The first kappa shape index (κ1) is 12.1. The van der Waals surface area contributed by atoms with Gasteiger partial charge in [0.15, 0.2) is 17.3 Å². The van der Waals surface area contributed by atoms with Crippen LogP contribution in [0.1, 0.15) is 0 Å². The number of nitrogens with two attached hydrogens (primary N) is 1. The van der Waals surface area contributed by atoms with Crippen molar-refractivity contribution < 1.29 is 4.52 Å². The molecule has 1 heterocycles. The lowest BCUT2D eigenvalue weighted by Crippen LogP contribution is -1.82. The summed E-state index contributed by atoms with van der Waals surface area (Å²) in [5, 5.41) is 12.1. The Morgan fingerprint density at radius 1 is 0.850 bits per heavy atom. The van der Waals surface area contributed by atoms with Gasteiger partial charge in [-0.2, -0.15) is 5.11 Å². The van der Waals surface area contributed by atoms with E-state index in [-0.39, 0.29) is 5.82 Å². The molecule has 0 unspecified atom stereocenters. The Kier molecular flexibility index (Phi) is 3.24. The van der Waals surface area contributed by atoms with Gasteiger partial charge < -0.3 is 10.3 Å². The molecule has 0 spiro atoms. The van der Waals surface area contributed by atoms with E-state index >= 15 is 0 Å². The van der Waals surface area contributed by atoms with Crippen LogP contribution in [0.15, 0.2) is 75.4 Å². The molecule has 20 heavy (non-hydrogen) atoms. The van der Waals surface area contributed by atoms with E-state index in [1.54, 1.807) is 0 Å². The topological polar surface area (TPSA) is 76.8 Å². The van der Waals surface area contributed by atoms with E-state index in [4.69, 9.17) is 10.3 Å². The first-order chi connectivity index (χ1) is 9.84. The summed E-state index contributed by atoms with van der Waals surface area (Å²) in [5.41, 5.74) is 7.83. The molecule has 5 heteroatoms. The Morgan fingerprint density at radius 3 is 2.20 bits per heavy atom. The van der Waals surface area contributed by atoms with Crippen molar-refractivity contribution >= 4 is 17.2 Å². The van der Waals surface area contributed by atoms with Gasteiger partial charge in [0.05, 0.1) is 5.69 Å². The molecule has 0 atom stereocenters. The fourth-order valence-corrected chi connectivity index (χ4v) is 1.78. The summed E-state index contributed by atoms with van der Waals surface area (Å²) in [4.78, 5) is 0. The number of nitrogen functional groups attached to an aromatic ring is 1. The van der Waals surface area contributed by atoms with Crippen molar-refractivity contribution in [2.24, 2.45) is 10.2 Å². The Balaban J connectivity index is 1.98. The molecule has 3 aromatic rings. The fraction of sp³-hybridized carbons (Fsp3) is 0. The predicted octanol–water partition coefficient (Wildman–Crippen LogP) is 4.34. The van der Waals surface area contributed by atoms with Gasteiger partial charge in [0.25, 0.3) is 0 Å².